The monoisotopic (exact) mass is 436 g/mol. The van der Waals surface area contributed by atoms with Crippen LogP contribution in [0.4, 0.5) is 0 Å². The van der Waals surface area contributed by atoms with Gasteiger partial charge in [0, 0.05) is 62.1 Å². The van der Waals surface area contributed by atoms with Crippen molar-refractivity contribution in [2.45, 2.75) is 24.3 Å². The predicted octanol–water partition coefficient (Wildman–Crippen LogP) is 1.85. The van der Waals surface area contributed by atoms with E-state index in [9.17, 15) is 13.2 Å². The third-order valence-electron chi connectivity index (χ3n) is 4.58. The quantitative estimate of drug-likeness (QED) is 0.526. The maximum Gasteiger partial charge on any atom is 0.250 e. The van der Waals surface area contributed by atoms with Crippen molar-refractivity contribution in [1.29, 1.82) is 0 Å². The zero-order chi connectivity index (χ0) is 20.1. The first kappa shape index (κ1) is 23.0. The van der Waals surface area contributed by atoms with Crippen LogP contribution in [0.25, 0.3) is 10.8 Å². The van der Waals surface area contributed by atoms with E-state index in [1.807, 2.05) is 13.0 Å². The van der Waals surface area contributed by atoms with Crippen molar-refractivity contribution in [2.75, 3.05) is 13.1 Å². The van der Waals surface area contributed by atoms with Gasteiger partial charge in [-0.1, -0.05) is 12.1 Å². The molecule has 0 amide bonds. The average molecular weight is 437 g/mol. The van der Waals surface area contributed by atoms with Crippen molar-refractivity contribution in [3.8, 4) is 0 Å². The van der Waals surface area contributed by atoms with E-state index >= 15 is 0 Å². The van der Waals surface area contributed by atoms with Crippen LogP contribution in [-0.2, 0) is 23.5 Å². The SMILES string of the molecule is CC(CNCCc1cccc(=O)n1C)NS(=O)(=O)c1ccc2cnccc2c1.Cl. The van der Waals surface area contributed by atoms with E-state index in [4.69, 9.17) is 0 Å². The van der Waals surface area contributed by atoms with Crippen molar-refractivity contribution in [1.82, 2.24) is 19.6 Å². The van der Waals surface area contributed by atoms with Gasteiger partial charge < -0.3 is 9.88 Å². The second kappa shape index (κ2) is 9.98. The summed E-state index contributed by atoms with van der Waals surface area (Å²) in [6, 6.07) is 11.7. The summed E-state index contributed by atoms with van der Waals surface area (Å²) in [5.74, 6) is 0. The number of rotatable bonds is 8. The Morgan fingerprint density at radius 1 is 1.14 bits per heavy atom. The molecule has 9 heteroatoms. The summed E-state index contributed by atoms with van der Waals surface area (Å²) in [4.78, 5) is 15.9. The molecule has 29 heavy (non-hydrogen) atoms. The van der Waals surface area contributed by atoms with Crippen LogP contribution in [0.2, 0.25) is 0 Å². The molecule has 0 bridgehead atoms. The number of nitrogens with one attached hydrogen (secondary N) is 2. The fraction of sp³-hybridized carbons (Fsp3) is 0.300. The fourth-order valence-corrected chi connectivity index (χ4v) is 4.27. The second-order valence-corrected chi connectivity index (χ2v) is 8.49. The first-order valence-electron chi connectivity index (χ1n) is 9.08. The highest BCUT2D eigenvalue weighted by Gasteiger charge is 2.17. The molecule has 3 rings (SSSR count). The van der Waals surface area contributed by atoms with E-state index < -0.39 is 10.0 Å². The summed E-state index contributed by atoms with van der Waals surface area (Å²) in [6.07, 6.45) is 4.03. The number of nitrogens with zero attached hydrogens (tertiary/aromatic N) is 2. The average Bonchev–Trinajstić information content (AvgIpc) is 2.67. The number of hydrogen-bond acceptors (Lipinski definition) is 5. The molecule has 7 nitrogen and oxygen atoms in total. The molecule has 3 aromatic rings. The molecule has 0 aliphatic carbocycles. The number of pyridine rings is 2. The van der Waals surface area contributed by atoms with E-state index in [1.54, 1.807) is 54.3 Å². The molecular formula is C20H25ClN4O3S. The van der Waals surface area contributed by atoms with Gasteiger partial charge in [0.05, 0.1) is 4.90 Å². The largest absolute Gasteiger partial charge is 0.316 e. The van der Waals surface area contributed by atoms with Gasteiger partial charge >= 0.3 is 0 Å². The fourth-order valence-electron chi connectivity index (χ4n) is 3.00. The maximum absolute atomic E-state index is 12.6. The Bertz CT molecular complexity index is 1130. The Balaban J connectivity index is 0.00000300. The van der Waals surface area contributed by atoms with E-state index in [-0.39, 0.29) is 28.9 Å². The van der Waals surface area contributed by atoms with Crippen molar-refractivity contribution >= 4 is 33.2 Å². The Labute approximate surface area is 176 Å². The van der Waals surface area contributed by atoms with Crippen molar-refractivity contribution < 1.29 is 8.42 Å². The van der Waals surface area contributed by atoms with Gasteiger partial charge in [0.15, 0.2) is 0 Å². The lowest BCUT2D eigenvalue weighted by atomic mass is 10.2. The van der Waals surface area contributed by atoms with Crippen LogP contribution >= 0.6 is 12.4 Å². The summed E-state index contributed by atoms with van der Waals surface area (Å²) in [7, 11) is -1.86. The Kier molecular flexibility index (Phi) is 7.92. The first-order valence-corrected chi connectivity index (χ1v) is 10.6. The van der Waals surface area contributed by atoms with Crippen LogP contribution in [0, 0.1) is 0 Å². The van der Waals surface area contributed by atoms with Gasteiger partial charge in [-0.3, -0.25) is 9.78 Å². The highest BCUT2D eigenvalue weighted by molar-refractivity contribution is 7.89. The smallest absolute Gasteiger partial charge is 0.250 e. The molecule has 0 saturated heterocycles. The summed E-state index contributed by atoms with van der Waals surface area (Å²) in [6.45, 7) is 2.94. The Hall–Kier alpha value is -2.26. The molecule has 1 unspecified atom stereocenters. The number of halogens is 1. The minimum atomic E-state index is -3.61. The molecule has 0 spiro atoms. The van der Waals surface area contributed by atoms with Crippen molar-refractivity contribution in [3.63, 3.8) is 0 Å². The minimum Gasteiger partial charge on any atom is -0.316 e. The van der Waals surface area contributed by atoms with Gasteiger partial charge in [-0.2, -0.15) is 0 Å². The standard InChI is InChI=1S/C20H24N4O3S.ClH/c1-15(13-21-11-9-18-4-3-5-20(25)24(18)2)23-28(26,27)19-7-6-17-14-22-10-8-16(17)12-19;/h3-8,10,12,14-15,21,23H,9,11,13H2,1-2H3;1H. The van der Waals surface area contributed by atoms with Crippen LogP contribution in [0.3, 0.4) is 0 Å². The number of sulfonamides is 1. The van der Waals surface area contributed by atoms with Crippen molar-refractivity contribution in [2.24, 2.45) is 7.05 Å². The van der Waals surface area contributed by atoms with Gasteiger partial charge in [0.25, 0.3) is 0 Å². The lowest BCUT2D eigenvalue weighted by molar-refractivity contribution is 0.535. The maximum atomic E-state index is 12.6. The van der Waals surface area contributed by atoms with Crippen LogP contribution in [0.1, 0.15) is 12.6 Å². The van der Waals surface area contributed by atoms with Crippen LogP contribution in [-0.4, -0.2) is 37.1 Å². The molecule has 1 atom stereocenters. The van der Waals surface area contributed by atoms with Crippen LogP contribution in [0.15, 0.2) is 64.5 Å². The van der Waals surface area contributed by atoms with Gasteiger partial charge in [-0.15, -0.1) is 12.4 Å². The summed E-state index contributed by atoms with van der Waals surface area (Å²) in [5.41, 5.74) is 0.892. The van der Waals surface area contributed by atoms with Gasteiger partial charge in [0.1, 0.15) is 0 Å². The molecule has 2 aromatic heterocycles. The lowest BCUT2D eigenvalue weighted by Crippen LogP contribution is -2.40. The molecule has 156 valence electrons. The molecule has 0 saturated carbocycles. The molecule has 0 aliphatic rings. The zero-order valence-electron chi connectivity index (χ0n) is 16.3. The third-order valence-corrected chi connectivity index (χ3v) is 6.16. The lowest BCUT2D eigenvalue weighted by Gasteiger charge is -2.16. The van der Waals surface area contributed by atoms with Crippen molar-refractivity contribution in [3.05, 3.63) is 70.9 Å². The summed E-state index contributed by atoms with van der Waals surface area (Å²) < 4.78 is 29.6. The molecule has 2 heterocycles. The van der Waals surface area contributed by atoms with E-state index in [1.165, 1.54) is 6.07 Å². The van der Waals surface area contributed by atoms with E-state index in [0.29, 0.717) is 19.5 Å². The molecule has 0 aliphatic heterocycles. The molecule has 2 N–H and O–H groups in total. The highest BCUT2D eigenvalue weighted by atomic mass is 35.5. The summed E-state index contributed by atoms with van der Waals surface area (Å²) in [5, 5.41) is 4.96. The molecule has 0 radical (unpaired) electrons. The van der Waals surface area contributed by atoms with Gasteiger partial charge in [0.2, 0.25) is 15.6 Å². The molecule has 1 aromatic carbocycles. The normalized spacial score (nSPS) is 12.5. The van der Waals surface area contributed by atoms with E-state index in [0.717, 1.165) is 16.5 Å². The first-order chi connectivity index (χ1) is 13.4. The topological polar surface area (TPSA) is 93.1 Å². The van der Waals surface area contributed by atoms with Crippen LogP contribution < -0.4 is 15.6 Å². The zero-order valence-corrected chi connectivity index (χ0v) is 18.0. The number of benzene rings is 1. The van der Waals surface area contributed by atoms with Crippen LogP contribution in [0.5, 0.6) is 0 Å². The number of aromatic nitrogens is 2. The number of hydrogen-bond donors (Lipinski definition) is 2. The summed E-state index contributed by atoms with van der Waals surface area (Å²) >= 11 is 0. The van der Waals surface area contributed by atoms with E-state index in [2.05, 4.69) is 15.0 Å². The predicted molar refractivity (Wildman–Crippen MR) is 117 cm³/mol. The third kappa shape index (κ3) is 5.86. The molecular weight excluding hydrogens is 412 g/mol. The van der Waals surface area contributed by atoms with Gasteiger partial charge in [-0.25, -0.2) is 13.1 Å². The second-order valence-electron chi connectivity index (χ2n) is 6.78. The minimum absolute atomic E-state index is 0. The Morgan fingerprint density at radius 3 is 2.72 bits per heavy atom. The Morgan fingerprint density at radius 2 is 1.93 bits per heavy atom. The molecule has 0 fully saturated rings. The highest BCUT2D eigenvalue weighted by Crippen LogP contribution is 2.18. The number of fused-ring (bicyclic) bond motifs is 1. The van der Waals surface area contributed by atoms with Gasteiger partial charge in [-0.05, 0) is 36.6 Å².